The third kappa shape index (κ3) is 4.71. The van der Waals surface area contributed by atoms with E-state index in [0.717, 1.165) is 5.56 Å². The molecule has 3 unspecified atom stereocenters. The number of nitrogens with one attached hydrogen (secondary N) is 4. The Morgan fingerprint density at radius 2 is 2.06 bits per heavy atom. The number of rotatable bonds is 7. The van der Waals surface area contributed by atoms with Crippen LogP contribution in [0.2, 0.25) is 0 Å². The maximum atomic E-state index is 13.1. The minimum absolute atomic E-state index is 0.0393. The molecule has 3 aliphatic heterocycles. The number of dihydropyridines is 1. The maximum Gasteiger partial charge on any atom is 0.272 e. The minimum Gasteiger partial charge on any atom is -0.490 e. The number of benzene rings is 1. The van der Waals surface area contributed by atoms with Crippen molar-refractivity contribution in [2.45, 2.75) is 24.5 Å². The molecule has 3 aliphatic rings. The molecule has 31 heavy (non-hydrogen) atoms. The summed E-state index contributed by atoms with van der Waals surface area (Å²) in [5, 5.41) is 29.0. The minimum atomic E-state index is -0.973. The highest BCUT2D eigenvalue weighted by Crippen LogP contribution is 2.30. The summed E-state index contributed by atoms with van der Waals surface area (Å²) >= 11 is 0. The number of carbonyl (C=O) groups excluding carboxylic acids is 1. The zero-order valence-corrected chi connectivity index (χ0v) is 16.5. The predicted octanol–water partition coefficient (Wildman–Crippen LogP) is 0.0194. The SMILES string of the molecule is O=C(NC1C=CC(F)=CN1)C1=CNC2C=CC(c3ccccc3OC[C@H](O)CO)NN12. The van der Waals surface area contributed by atoms with Gasteiger partial charge >= 0.3 is 0 Å². The van der Waals surface area contributed by atoms with Crippen molar-refractivity contribution in [3.8, 4) is 5.75 Å². The lowest BCUT2D eigenvalue weighted by Crippen LogP contribution is -2.52. The van der Waals surface area contributed by atoms with Gasteiger partial charge in [0.1, 0.15) is 42.3 Å². The van der Waals surface area contributed by atoms with E-state index in [0.29, 0.717) is 11.4 Å². The number of hydrazine groups is 1. The van der Waals surface area contributed by atoms with Crippen LogP contribution in [0.1, 0.15) is 11.6 Å². The van der Waals surface area contributed by atoms with E-state index in [2.05, 4.69) is 21.4 Å². The first-order valence-electron chi connectivity index (χ1n) is 9.86. The topological polar surface area (TPSA) is 118 Å². The van der Waals surface area contributed by atoms with Gasteiger partial charge in [-0.05, 0) is 24.3 Å². The highest BCUT2D eigenvalue weighted by Gasteiger charge is 2.34. The van der Waals surface area contributed by atoms with Gasteiger partial charge in [0.25, 0.3) is 5.91 Å². The lowest BCUT2D eigenvalue weighted by Gasteiger charge is -2.35. The second-order valence-electron chi connectivity index (χ2n) is 7.19. The Labute approximate surface area is 178 Å². The van der Waals surface area contributed by atoms with E-state index < -0.39 is 18.1 Å². The van der Waals surface area contributed by atoms with Crippen molar-refractivity contribution < 1.29 is 24.1 Å². The van der Waals surface area contributed by atoms with Crippen LogP contribution in [0.5, 0.6) is 5.75 Å². The van der Waals surface area contributed by atoms with Gasteiger partial charge in [-0.1, -0.05) is 24.3 Å². The van der Waals surface area contributed by atoms with Crippen LogP contribution in [0.4, 0.5) is 4.39 Å². The number of fused-ring (bicyclic) bond motifs is 1. The predicted molar refractivity (Wildman–Crippen MR) is 110 cm³/mol. The fourth-order valence-corrected chi connectivity index (χ4v) is 3.38. The van der Waals surface area contributed by atoms with Crippen molar-refractivity contribution in [2.75, 3.05) is 13.2 Å². The average Bonchev–Trinajstić information content (AvgIpc) is 3.22. The molecule has 0 spiro atoms. The molecule has 0 bridgehead atoms. The molecule has 6 N–H and O–H groups in total. The third-order valence-electron chi connectivity index (χ3n) is 4.96. The van der Waals surface area contributed by atoms with E-state index in [4.69, 9.17) is 9.84 Å². The highest BCUT2D eigenvalue weighted by atomic mass is 19.1. The third-order valence-corrected chi connectivity index (χ3v) is 4.96. The summed E-state index contributed by atoms with van der Waals surface area (Å²) in [4.78, 5) is 12.8. The monoisotopic (exact) mass is 429 g/mol. The molecule has 4 rings (SSSR count). The number of aliphatic hydroxyl groups is 2. The van der Waals surface area contributed by atoms with Gasteiger partial charge in [0, 0.05) is 18.0 Å². The number of halogens is 1. The van der Waals surface area contributed by atoms with Crippen LogP contribution in [0.3, 0.4) is 0 Å². The van der Waals surface area contributed by atoms with Gasteiger partial charge in [0.15, 0.2) is 0 Å². The van der Waals surface area contributed by atoms with Gasteiger partial charge in [-0.15, -0.1) is 0 Å². The first-order valence-corrected chi connectivity index (χ1v) is 9.86. The molecule has 4 atom stereocenters. The van der Waals surface area contributed by atoms with Gasteiger partial charge in [-0.25, -0.2) is 9.82 Å². The van der Waals surface area contributed by atoms with Crippen molar-refractivity contribution in [2.24, 2.45) is 0 Å². The van der Waals surface area contributed by atoms with Gasteiger partial charge < -0.3 is 30.9 Å². The number of para-hydroxylation sites is 1. The van der Waals surface area contributed by atoms with Crippen molar-refractivity contribution in [3.05, 3.63) is 78.1 Å². The van der Waals surface area contributed by atoms with Crippen molar-refractivity contribution in [3.63, 3.8) is 0 Å². The number of ether oxygens (including phenoxy) is 1. The summed E-state index contributed by atoms with van der Waals surface area (Å²) in [7, 11) is 0. The van der Waals surface area contributed by atoms with Crippen LogP contribution in [-0.4, -0.2) is 52.8 Å². The van der Waals surface area contributed by atoms with Crippen molar-refractivity contribution in [1.29, 1.82) is 0 Å². The number of nitrogens with zero attached hydrogens (tertiary/aromatic N) is 1. The molecule has 0 saturated heterocycles. The molecule has 0 aromatic heterocycles. The second kappa shape index (κ2) is 9.21. The molecular formula is C21H24FN5O4. The first kappa shape index (κ1) is 20.9. The molecule has 1 aromatic rings. The largest absolute Gasteiger partial charge is 0.490 e. The zero-order valence-electron chi connectivity index (χ0n) is 16.5. The standard InChI is InChI=1S/C21H24FN5O4/c22-13-5-7-19(23-9-13)25-21(30)17-10-24-20-8-6-16(26-27(17)20)15-3-1-2-4-18(15)31-12-14(29)11-28/h1-10,14,16,19-20,23-24,26,28-29H,11-12H2,(H,25,30)/t14-,16?,19?,20?/m1/s1. The summed E-state index contributed by atoms with van der Waals surface area (Å²) in [6.45, 7) is -0.427. The Kier molecular flexibility index (Phi) is 6.21. The Balaban J connectivity index is 1.44. The van der Waals surface area contributed by atoms with Gasteiger partial charge in [-0.2, -0.15) is 0 Å². The summed E-state index contributed by atoms with van der Waals surface area (Å²) in [5.41, 5.74) is 4.49. The van der Waals surface area contributed by atoms with Crippen LogP contribution < -0.4 is 26.1 Å². The highest BCUT2D eigenvalue weighted by molar-refractivity contribution is 5.93. The lowest BCUT2D eigenvalue weighted by molar-refractivity contribution is -0.120. The van der Waals surface area contributed by atoms with E-state index in [1.165, 1.54) is 18.4 Å². The molecule has 0 fully saturated rings. The fourth-order valence-electron chi connectivity index (χ4n) is 3.38. The number of amides is 1. The second-order valence-corrected chi connectivity index (χ2v) is 7.19. The Hall–Kier alpha value is -3.34. The van der Waals surface area contributed by atoms with Crippen LogP contribution in [0, 0.1) is 0 Å². The van der Waals surface area contributed by atoms with Crippen LogP contribution in [-0.2, 0) is 4.79 Å². The molecule has 10 heteroatoms. The molecule has 0 saturated carbocycles. The smallest absolute Gasteiger partial charge is 0.272 e. The molecule has 3 heterocycles. The molecule has 1 amide bonds. The van der Waals surface area contributed by atoms with Gasteiger partial charge in [0.05, 0.1) is 12.6 Å². The lowest BCUT2D eigenvalue weighted by atomic mass is 10.0. The van der Waals surface area contributed by atoms with E-state index in [1.807, 2.05) is 30.4 Å². The summed E-state index contributed by atoms with van der Waals surface area (Å²) < 4.78 is 18.8. The van der Waals surface area contributed by atoms with Crippen molar-refractivity contribution in [1.82, 2.24) is 26.4 Å². The molecule has 164 valence electrons. The molecule has 9 nitrogen and oxygen atoms in total. The number of carbonyl (C=O) groups is 1. The van der Waals surface area contributed by atoms with E-state index in [1.54, 1.807) is 17.3 Å². The summed E-state index contributed by atoms with van der Waals surface area (Å²) in [6.07, 6.45) is 7.76. The van der Waals surface area contributed by atoms with Crippen molar-refractivity contribution >= 4 is 5.91 Å². The number of hydrogen-bond acceptors (Lipinski definition) is 8. The number of hydrogen-bond donors (Lipinski definition) is 6. The van der Waals surface area contributed by atoms with Gasteiger partial charge in [-0.3, -0.25) is 9.80 Å². The Morgan fingerprint density at radius 3 is 2.84 bits per heavy atom. The van der Waals surface area contributed by atoms with Crippen LogP contribution in [0.25, 0.3) is 0 Å². The van der Waals surface area contributed by atoms with Crippen LogP contribution >= 0.6 is 0 Å². The van der Waals surface area contributed by atoms with E-state index >= 15 is 0 Å². The maximum absolute atomic E-state index is 13.1. The number of aliphatic hydroxyl groups excluding tert-OH is 2. The quantitative estimate of drug-likeness (QED) is 0.336. The summed E-state index contributed by atoms with van der Waals surface area (Å²) in [5.74, 6) is -0.196. The first-order chi connectivity index (χ1) is 15.0. The molecule has 0 aliphatic carbocycles. The average molecular weight is 429 g/mol. The molecule has 1 aromatic carbocycles. The number of allylic oxidation sites excluding steroid dienone is 2. The molecule has 0 radical (unpaired) electrons. The Morgan fingerprint density at radius 1 is 1.23 bits per heavy atom. The zero-order chi connectivity index (χ0) is 21.8. The summed E-state index contributed by atoms with van der Waals surface area (Å²) in [6, 6.07) is 7.05. The van der Waals surface area contributed by atoms with E-state index in [-0.39, 0.29) is 31.3 Å². The van der Waals surface area contributed by atoms with Gasteiger partial charge in [0.2, 0.25) is 0 Å². The van der Waals surface area contributed by atoms with E-state index in [9.17, 15) is 14.3 Å². The molecular weight excluding hydrogens is 405 g/mol. The fraction of sp³-hybridized carbons (Fsp3) is 0.286. The Bertz CT molecular complexity index is 947. The normalized spacial score (nSPS) is 25.0. The van der Waals surface area contributed by atoms with Crippen LogP contribution in [0.15, 0.2) is 72.5 Å².